The molecule has 3 heterocycles. The zero-order valence-corrected chi connectivity index (χ0v) is 18.7. The van der Waals surface area contributed by atoms with Crippen molar-refractivity contribution in [3.05, 3.63) is 58.9 Å². The number of hydrogen-bond donors (Lipinski definition) is 0. The zero-order chi connectivity index (χ0) is 21.3. The maximum atomic E-state index is 13.2. The van der Waals surface area contributed by atoms with Gasteiger partial charge in [0.1, 0.15) is 5.82 Å². The standard InChI is InChI=1S/C26H34FN3O/c1-2-31-19-25(10-9-23-8-7-22(27)17-28-23)13-14-30(18-25)26(11-12-26)21-15-20-5-3-4-6-24(20)29-16-21/h7-8,15-17H,2-6,9-14,18-19H2,1H3/t25-/m1/s1. The number of aromatic nitrogens is 2. The summed E-state index contributed by atoms with van der Waals surface area (Å²) in [5.41, 5.74) is 5.53. The van der Waals surface area contributed by atoms with Crippen molar-refractivity contribution in [1.82, 2.24) is 14.9 Å². The molecule has 1 saturated carbocycles. The summed E-state index contributed by atoms with van der Waals surface area (Å²) in [6.07, 6.45) is 13.9. The molecule has 4 nitrogen and oxygen atoms in total. The van der Waals surface area contributed by atoms with Crippen LogP contribution in [0.25, 0.3) is 0 Å². The Labute approximate surface area is 185 Å². The molecule has 2 aromatic rings. The fraction of sp³-hybridized carbons (Fsp3) is 0.615. The van der Waals surface area contributed by atoms with Crippen molar-refractivity contribution in [3.63, 3.8) is 0 Å². The summed E-state index contributed by atoms with van der Waals surface area (Å²) in [6.45, 7) is 5.78. The third-order valence-corrected chi connectivity index (χ3v) is 7.79. The highest BCUT2D eigenvalue weighted by molar-refractivity contribution is 5.35. The van der Waals surface area contributed by atoms with E-state index in [1.807, 2.05) is 6.07 Å². The van der Waals surface area contributed by atoms with Crippen LogP contribution in [0.3, 0.4) is 0 Å². The lowest BCUT2D eigenvalue weighted by Gasteiger charge is -2.33. The van der Waals surface area contributed by atoms with Crippen LogP contribution in [-0.4, -0.2) is 41.2 Å². The van der Waals surface area contributed by atoms with Gasteiger partial charge in [0, 0.05) is 41.7 Å². The van der Waals surface area contributed by atoms with Gasteiger partial charge in [0.15, 0.2) is 0 Å². The Morgan fingerprint density at radius 3 is 2.74 bits per heavy atom. The quantitative estimate of drug-likeness (QED) is 0.609. The van der Waals surface area contributed by atoms with Crippen molar-refractivity contribution in [2.24, 2.45) is 5.41 Å². The minimum absolute atomic E-state index is 0.142. The van der Waals surface area contributed by atoms with E-state index in [9.17, 15) is 4.39 Å². The molecule has 0 bridgehead atoms. The first-order chi connectivity index (χ1) is 15.1. The van der Waals surface area contributed by atoms with Gasteiger partial charge in [0.2, 0.25) is 0 Å². The Bertz CT molecular complexity index is 911. The maximum Gasteiger partial charge on any atom is 0.141 e. The molecule has 0 N–H and O–H groups in total. The van der Waals surface area contributed by atoms with Gasteiger partial charge < -0.3 is 4.74 Å². The molecule has 31 heavy (non-hydrogen) atoms. The summed E-state index contributed by atoms with van der Waals surface area (Å²) in [5.74, 6) is -0.269. The predicted octanol–water partition coefficient (Wildman–Crippen LogP) is 4.85. The van der Waals surface area contributed by atoms with Crippen molar-refractivity contribution in [2.75, 3.05) is 26.3 Å². The van der Waals surface area contributed by atoms with Crippen LogP contribution in [-0.2, 0) is 29.5 Å². The van der Waals surface area contributed by atoms with Crippen molar-refractivity contribution in [3.8, 4) is 0 Å². The Balaban J connectivity index is 1.32. The van der Waals surface area contributed by atoms with Gasteiger partial charge in [0.05, 0.1) is 12.8 Å². The van der Waals surface area contributed by atoms with Gasteiger partial charge in [-0.15, -0.1) is 0 Å². The van der Waals surface area contributed by atoms with Gasteiger partial charge in [-0.25, -0.2) is 4.39 Å². The third kappa shape index (κ3) is 4.27. The molecule has 0 aromatic carbocycles. The maximum absolute atomic E-state index is 13.2. The molecule has 0 amide bonds. The predicted molar refractivity (Wildman–Crippen MR) is 119 cm³/mol. The molecular formula is C26H34FN3O. The molecule has 2 aromatic heterocycles. The Hall–Kier alpha value is -1.85. The number of likely N-dealkylation sites (tertiary alicyclic amines) is 1. The summed E-state index contributed by atoms with van der Waals surface area (Å²) < 4.78 is 19.2. The second kappa shape index (κ2) is 8.59. The molecule has 166 valence electrons. The molecule has 3 aliphatic rings. The number of rotatable bonds is 8. The lowest BCUT2D eigenvalue weighted by molar-refractivity contribution is 0.0442. The first-order valence-corrected chi connectivity index (χ1v) is 12.0. The van der Waals surface area contributed by atoms with Crippen LogP contribution in [0.4, 0.5) is 4.39 Å². The third-order valence-electron chi connectivity index (χ3n) is 7.79. The largest absolute Gasteiger partial charge is 0.381 e. The zero-order valence-electron chi connectivity index (χ0n) is 18.7. The number of hydrogen-bond acceptors (Lipinski definition) is 4. The van der Waals surface area contributed by atoms with Crippen LogP contribution in [0.2, 0.25) is 0 Å². The van der Waals surface area contributed by atoms with Gasteiger partial charge in [-0.3, -0.25) is 14.9 Å². The summed E-state index contributed by atoms with van der Waals surface area (Å²) in [6, 6.07) is 5.80. The summed E-state index contributed by atoms with van der Waals surface area (Å²) in [4.78, 5) is 11.9. The van der Waals surface area contributed by atoms with Crippen LogP contribution in [0.15, 0.2) is 30.6 Å². The van der Waals surface area contributed by atoms with E-state index in [-0.39, 0.29) is 16.8 Å². The molecule has 5 heteroatoms. The number of halogens is 1. The van der Waals surface area contributed by atoms with Gasteiger partial charge in [-0.2, -0.15) is 0 Å². The van der Waals surface area contributed by atoms with Gasteiger partial charge in [-0.05, 0) is 94.5 Å². The molecule has 0 spiro atoms. The van der Waals surface area contributed by atoms with E-state index in [1.165, 1.54) is 61.2 Å². The van der Waals surface area contributed by atoms with E-state index < -0.39 is 0 Å². The topological polar surface area (TPSA) is 38.2 Å². The van der Waals surface area contributed by atoms with Gasteiger partial charge in [-0.1, -0.05) is 6.07 Å². The fourth-order valence-electron chi connectivity index (χ4n) is 5.71. The van der Waals surface area contributed by atoms with Crippen LogP contribution in [0.1, 0.15) is 68.0 Å². The van der Waals surface area contributed by atoms with Gasteiger partial charge >= 0.3 is 0 Å². The normalized spacial score (nSPS) is 24.8. The van der Waals surface area contributed by atoms with Crippen LogP contribution in [0.5, 0.6) is 0 Å². The van der Waals surface area contributed by atoms with Crippen molar-refractivity contribution in [1.29, 1.82) is 0 Å². The lowest BCUT2D eigenvalue weighted by Crippen LogP contribution is -2.38. The van der Waals surface area contributed by atoms with Crippen molar-refractivity contribution < 1.29 is 9.13 Å². The summed E-state index contributed by atoms with van der Waals surface area (Å²) in [7, 11) is 0. The van der Waals surface area contributed by atoms with E-state index in [4.69, 9.17) is 9.72 Å². The van der Waals surface area contributed by atoms with E-state index >= 15 is 0 Å². The monoisotopic (exact) mass is 423 g/mol. The SMILES string of the molecule is CCOC[C@]1(CCc2ccc(F)cn2)CCN(C2(c3cnc4c(c3)CCCC4)CC2)C1. The molecular weight excluding hydrogens is 389 g/mol. The summed E-state index contributed by atoms with van der Waals surface area (Å²) in [5, 5.41) is 0. The first-order valence-electron chi connectivity index (χ1n) is 12.0. The smallest absolute Gasteiger partial charge is 0.141 e. The minimum Gasteiger partial charge on any atom is -0.381 e. The van der Waals surface area contributed by atoms with E-state index in [1.54, 1.807) is 0 Å². The van der Waals surface area contributed by atoms with Crippen LogP contribution < -0.4 is 0 Å². The molecule has 5 rings (SSSR count). The molecule has 0 unspecified atom stereocenters. The number of aryl methyl sites for hydroxylation is 3. The molecule has 1 saturated heterocycles. The fourth-order valence-corrected chi connectivity index (χ4v) is 5.71. The van der Waals surface area contributed by atoms with Crippen LogP contribution in [0, 0.1) is 11.2 Å². The average Bonchev–Trinajstić information content (AvgIpc) is 3.51. The molecule has 2 aliphatic carbocycles. The van der Waals surface area contributed by atoms with Crippen LogP contribution >= 0.6 is 0 Å². The molecule has 1 aliphatic heterocycles. The molecule has 2 fully saturated rings. The van der Waals surface area contributed by atoms with E-state index in [0.717, 1.165) is 57.7 Å². The molecule has 1 atom stereocenters. The number of pyridine rings is 2. The highest BCUT2D eigenvalue weighted by Crippen LogP contribution is 2.55. The van der Waals surface area contributed by atoms with Crippen molar-refractivity contribution in [2.45, 2.75) is 70.3 Å². The second-order valence-corrected chi connectivity index (χ2v) is 9.84. The number of ether oxygens (including phenoxy) is 1. The lowest BCUT2D eigenvalue weighted by atomic mass is 9.82. The van der Waals surface area contributed by atoms with E-state index in [2.05, 4.69) is 29.1 Å². The Kier molecular flexibility index (Phi) is 5.82. The first kappa shape index (κ1) is 21.0. The molecule has 0 radical (unpaired) electrons. The number of nitrogens with zero attached hydrogens (tertiary/aromatic N) is 3. The Morgan fingerprint density at radius 1 is 1.10 bits per heavy atom. The highest BCUT2D eigenvalue weighted by Gasteiger charge is 2.54. The highest BCUT2D eigenvalue weighted by atomic mass is 19.1. The second-order valence-electron chi connectivity index (χ2n) is 9.84. The number of fused-ring (bicyclic) bond motifs is 1. The average molecular weight is 424 g/mol. The van der Waals surface area contributed by atoms with Crippen molar-refractivity contribution >= 4 is 0 Å². The Morgan fingerprint density at radius 2 is 1.97 bits per heavy atom. The summed E-state index contributed by atoms with van der Waals surface area (Å²) >= 11 is 0. The van der Waals surface area contributed by atoms with Gasteiger partial charge in [0.25, 0.3) is 0 Å². The minimum atomic E-state index is -0.269. The van der Waals surface area contributed by atoms with E-state index in [0.29, 0.717) is 0 Å².